The number of benzene rings is 4. The van der Waals surface area contributed by atoms with Gasteiger partial charge in [-0.2, -0.15) is 0 Å². The second-order valence-corrected chi connectivity index (χ2v) is 10.5. The second kappa shape index (κ2) is 10.8. The van der Waals surface area contributed by atoms with Crippen molar-refractivity contribution in [2.24, 2.45) is 0 Å². The lowest BCUT2D eigenvalue weighted by molar-refractivity contribution is -0.114. The topological polar surface area (TPSA) is 75.7 Å². The first-order chi connectivity index (χ1) is 17.2. The molecule has 0 spiro atoms. The Morgan fingerprint density at radius 2 is 1.47 bits per heavy atom. The molecule has 0 aliphatic heterocycles. The summed E-state index contributed by atoms with van der Waals surface area (Å²) < 4.78 is 34.1. The van der Waals surface area contributed by atoms with Crippen LogP contribution in [0.25, 0.3) is 0 Å². The zero-order valence-corrected chi connectivity index (χ0v) is 21.4. The van der Waals surface area contributed by atoms with Crippen LogP contribution in [-0.2, 0) is 14.8 Å². The number of aryl methyl sites for hydroxylation is 1. The number of halogens is 1. The molecule has 0 saturated heterocycles. The summed E-state index contributed by atoms with van der Waals surface area (Å²) in [7, 11) is -4.04. The summed E-state index contributed by atoms with van der Waals surface area (Å²) in [6.07, 6.45) is 0. The average Bonchev–Trinajstić information content (AvgIpc) is 2.86. The predicted octanol–water partition coefficient (Wildman–Crippen LogP) is 6.58. The number of anilines is 2. The number of carbonyl (C=O) groups is 1. The number of amides is 1. The number of rotatable bonds is 8. The number of nitrogens with zero attached hydrogens (tertiary/aromatic N) is 1. The summed E-state index contributed by atoms with van der Waals surface area (Å²) in [6.45, 7) is 3.16. The third-order valence-corrected chi connectivity index (χ3v) is 7.70. The Labute approximate surface area is 216 Å². The van der Waals surface area contributed by atoms with Gasteiger partial charge < -0.3 is 10.1 Å². The lowest BCUT2D eigenvalue weighted by Gasteiger charge is -2.26. The van der Waals surface area contributed by atoms with Crippen LogP contribution < -0.4 is 14.4 Å². The quantitative estimate of drug-likeness (QED) is 0.284. The van der Waals surface area contributed by atoms with Crippen LogP contribution in [0.5, 0.6) is 11.5 Å². The van der Waals surface area contributed by atoms with Crippen LogP contribution in [0.2, 0.25) is 5.02 Å². The number of para-hydroxylation sites is 1. The van der Waals surface area contributed by atoms with Crippen molar-refractivity contribution < 1.29 is 17.9 Å². The van der Waals surface area contributed by atoms with Gasteiger partial charge in [0, 0.05) is 10.7 Å². The highest BCUT2D eigenvalue weighted by molar-refractivity contribution is 7.92. The molecule has 0 fully saturated rings. The largest absolute Gasteiger partial charge is 0.457 e. The van der Waals surface area contributed by atoms with Crippen LogP contribution in [0.1, 0.15) is 11.1 Å². The molecule has 0 bridgehead atoms. The van der Waals surface area contributed by atoms with E-state index in [4.69, 9.17) is 16.3 Å². The van der Waals surface area contributed by atoms with Gasteiger partial charge in [0.2, 0.25) is 5.91 Å². The zero-order valence-electron chi connectivity index (χ0n) is 19.8. The summed E-state index contributed by atoms with van der Waals surface area (Å²) in [5.41, 5.74) is 2.34. The van der Waals surface area contributed by atoms with Crippen LogP contribution in [0.15, 0.2) is 102 Å². The molecule has 184 valence electrons. The van der Waals surface area contributed by atoms with E-state index in [1.54, 1.807) is 61.5 Å². The number of hydrogen-bond acceptors (Lipinski definition) is 4. The van der Waals surface area contributed by atoms with Gasteiger partial charge in [0.1, 0.15) is 18.0 Å². The van der Waals surface area contributed by atoms with Crippen molar-refractivity contribution in [3.63, 3.8) is 0 Å². The number of carbonyl (C=O) groups excluding carboxylic acids is 1. The third-order valence-electron chi connectivity index (χ3n) is 5.52. The first kappa shape index (κ1) is 25.3. The second-order valence-electron chi connectivity index (χ2n) is 8.20. The van der Waals surface area contributed by atoms with Crippen molar-refractivity contribution in [3.05, 3.63) is 113 Å². The molecule has 0 atom stereocenters. The van der Waals surface area contributed by atoms with E-state index in [0.717, 1.165) is 9.87 Å². The maximum absolute atomic E-state index is 13.6. The van der Waals surface area contributed by atoms with Gasteiger partial charge in [-0.05, 0) is 80.1 Å². The van der Waals surface area contributed by atoms with E-state index in [2.05, 4.69) is 5.32 Å². The molecule has 6 nitrogen and oxygen atoms in total. The Morgan fingerprint density at radius 1 is 0.833 bits per heavy atom. The SMILES string of the molecule is Cc1ccc(S(=O)(=O)N(CC(=O)Nc2ccc(Oc3ccccc3)cc2)c2cccc(Cl)c2C)cc1. The van der Waals surface area contributed by atoms with Crippen molar-refractivity contribution in [2.75, 3.05) is 16.2 Å². The smallest absolute Gasteiger partial charge is 0.264 e. The molecule has 0 aromatic heterocycles. The van der Waals surface area contributed by atoms with E-state index in [-0.39, 0.29) is 4.90 Å². The summed E-state index contributed by atoms with van der Waals surface area (Å²) >= 11 is 6.28. The molecule has 0 aliphatic carbocycles. The van der Waals surface area contributed by atoms with Crippen LogP contribution in [0, 0.1) is 13.8 Å². The molecule has 1 amide bonds. The van der Waals surface area contributed by atoms with Crippen LogP contribution in [-0.4, -0.2) is 20.9 Å². The number of nitrogens with one attached hydrogen (secondary N) is 1. The summed E-state index contributed by atoms with van der Waals surface area (Å²) in [6, 6.07) is 27.6. The van der Waals surface area contributed by atoms with E-state index >= 15 is 0 Å². The fraction of sp³-hybridized carbons (Fsp3) is 0.107. The normalized spacial score (nSPS) is 11.1. The van der Waals surface area contributed by atoms with Crippen molar-refractivity contribution in [1.29, 1.82) is 0 Å². The van der Waals surface area contributed by atoms with E-state index in [0.29, 0.717) is 33.5 Å². The van der Waals surface area contributed by atoms with Crippen LogP contribution in [0.4, 0.5) is 11.4 Å². The first-order valence-electron chi connectivity index (χ1n) is 11.2. The number of hydrogen-bond donors (Lipinski definition) is 1. The molecular weight excluding hydrogens is 496 g/mol. The highest BCUT2D eigenvalue weighted by atomic mass is 35.5. The lowest BCUT2D eigenvalue weighted by Crippen LogP contribution is -2.38. The van der Waals surface area contributed by atoms with Gasteiger partial charge >= 0.3 is 0 Å². The van der Waals surface area contributed by atoms with Gasteiger partial charge in [-0.3, -0.25) is 9.10 Å². The molecular formula is C28H25ClN2O4S. The maximum atomic E-state index is 13.6. The summed E-state index contributed by atoms with van der Waals surface area (Å²) in [5, 5.41) is 3.17. The fourth-order valence-corrected chi connectivity index (χ4v) is 5.21. The zero-order chi connectivity index (χ0) is 25.7. The number of sulfonamides is 1. The molecule has 36 heavy (non-hydrogen) atoms. The van der Waals surface area contributed by atoms with E-state index in [1.807, 2.05) is 37.3 Å². The van der Waals surface area contributed by atoms with Crippen molar-refractivity contribution in [2.45, 2.75) is 18.7 Å². The van der Waals surface area contributed by atoms with Gasteiger partial charge in [-0.25, -0.2) is 8.42 Å². The summed E-state index contributed by atoms with van der Waals surface area (Å²) in [4.78, 5) is 13.1. The van der Waals surface area contributed by atoms with Crippen LogP contribution >= 0.6 is 11.6 Å². The monoisotopic (exact) mass is 520 g/mol. The van der Waals surface area contributed by atoms with Crippen molar-refractivity contribution in [1.82, 2.24) is 0 Å². The van der Waals surface area contributed by atoms with Gasteiger partial charge in [0.25, 0.3) is 10.0 Å². The predicted molar refractivity (Wildman–Crippen MR) is 143 cm³/mol. The van der Waals surface area contributed by atoms with Crippen molar-refractivity contribution >= 4 is 38.9 Å². The van der Waals surface area contributed by atoms with E-state index in [1.165, 1.54) is 12.1 Å². The average molecular weight is 521 g/mol. The van der Waals surface area contributed by atoms with E-state index < -0.39 is 22.5 Å². The Morgan fingerprint density at radius 3 is 2.14 bits per heavy atom. The maximum Gasteiger partial charge on any atom is 0.264 e. The molecule has 1 N–H and O–H groups in total. The van der Waals surface area contributed by atoms with E-state index in [9.17, 15) is 13.2 Å². The summed E-state index contributed by atoms with van der Waals surface area (Å²) in [5.74, 6) is 0.808. The van der Waals surface area contributed by atoms with Gasteiger partial charge in [-0.1, -0.05) is 53.6 Å². The minimum absolute atomic E-state index is 0.0858. The molecule has 0 aliphatic rings. The van der Waals surface area contributed by atoms with Crippen LogP contribution in [0.3, 0.4) is 0 Å². The lowest BCUT2D eigenvalue weighted by atomic mass is 10.2. The Kier molecular flexibility index (Phi) is 7.62. The Bertz CT molecular complexity index is 1460. The number of ether oxygens (including phenoxy) is 1. The Hall–Kier alpha value is -3.81. The minimum Gasteiger partial charge on any atom is -0.457 e. The molecule has 0 unspecified atom stereocenters. The third kappa shape index (κ3) is 5.87. The molecule has 0 radical (unpaired) electrons. The minimum atomic E-state index is -4.04. The standard InChI is InChI=1S/C28H25ClN2O4S/c1-20-11-17-25(18-12-20)36(33,34)31(27-10-6-9-26(29)21(27)2)19-28(32)30-22-13-15-24(16-14-22)35-23-7-4-3-5-8-23/h3-18H,19H2,1-2H3,(H,30,32). The fourth-order valence-electron chi connectivity index (χ4n) is 3.57. The molecule has 8 heteroatoms. The molecule has 4 aromatic rings. The highest BCUT2D eigenvalue weighted by Crippen LogP contribution is 2.31. The highest BCUT2D eigenvalue weighted by Gasteiger charge is 2.28. The first-order valence-corrected chi connectivity index (χ1v) is 13.0. The van der Waals surface area contributed by atoms with Crippen molar-refractivity contribution in [3.8, 4) is 11.5 Å². The molecule has 4 aromatic carbocycles. The Balaban J connectivity index is 1.56. The molecule has 0 heterocycles. The van der Waals surface area contributed by atoms with Gasteiger partial charge in [-0.15, -0.1) is 0 Å². The van der Waals surface area contributed by atoms with Gasteiger partial charge in [0.15, 0.2) is 0 Å². The molecule has 4 rings (SSSR count). The molecule has 0 saturated carbocycles. The van der Waals surface area contributed by atoms with Gasteiger partial charge in [0.05, 0.1) is 10.6 Å².